The van der Waals surface area contributed by atoms with Crippen molar-refractivity contribution < 1.29 is 9.59 Å². The number of carbonyl (C=O) groups is 1. The molecule has 0 N–H and O–H groups in total. The maximum atomic E-state index is 10.5. The molecule has 2 heteroatoms. The van der Waals surface area contributed by atoms with E-state index in [1.807, 2.05) is 0 Å². The third-order valence-corrected chi connectivity index (χ3v) is 1.87. The molecule has 0 aliphatic rings. The number of rotatable bonds is 8. The Hall–Kier alpha value is -0.660. The molecule has 0 unspecified atom stereocenters. The summed E-state index contributed by atoms with van der Waals surface area (Å²) in [6.45, 7) is 2.17. The van der Waals surface area contributed by atoms with Crippen molar-refractivity contribution in [1.82, 2.24) is 0 Å². The lowest BCUT2D eigenvalue weighted by atomic mass is 10.1. The second kappa shape index (κ2) is 8.44. The van der Waals surface area contributed by atoms with Crippen molar-refractivity contribution in [2.24, 2.45) is 0 Å². The van der Waals surface area contributed by atoms with E-state index in [-0.39, 0.29) is 5.78 Å². The molecule has 69 valence electrons. The first kappa shape index (κ1) is 11.3. The number of ketones is 1. The van der Waals surface area contributed by atoms with Crippen LogP contribution in [0.4, 0.5) is 0 Å². The fourth-order valence-electron chi connectivity index (χ4n) is 1.12. The summed E-state index contributed by atoms with van der Waals surface area (Å²) in [6, 6.07) is 0. The molecular formula is C10H17O2. The van der Waals surface area contributed by atoms with E-state index >= 15 is 0 Å². The monoisotopic (exact) mass is 169 g/mol. The molecule has 0 rings (SSSR count). The molecule has 0 spiro atoms. The van der Waals surface area contributed by atoms with Crippen molar-refractivity contribution in [3.8, 4) is 0 Å². The molecule has 0 aromatic rings. The molecule has 0 atom stereocenters. The molecule has 1 radical (unpaired) electrons. The van der Waals surface area contributed by atoms with Crippen LogP contribution in [0.3, 0.4) is 0 Å². The Morgan fingerprint density at radius 1 is 1.08 bits per heavy atom. The summed E-state index contributed by atoms with van der Waals surface area (Å²) in [5.74, 6) is -0.384. The van der Waals surface area contributed by atoms with E-state index in [0.29, 0.717) is 6.42 Å². The van der Waals surface area contributed by atoms with Crippen LogP contribution in [-0.2, 0) is 9.59 Å². The molecule has 0 fully saturated rings. The second-order valence-electron chi connectivity index (χ2n) is 3.04. The maximum absolute atomic E-state index is 10.5. The molecule has 0 saturated heterocycles. The Labute approximate surface area is 74.3 Å². The third kappa shape index (κ3) is 7.45. The highest BCUT2D eigenvalue weighted by Crippen LogP contribution is 2.06. The summed E-state index contributed by atoms with van der Waals surface area (Å²) >= 11 is 0. The molecule has 0 aromatic heterocycles. The predicted molar refractivity (Wildman–Crippen MR) is 48.7 cm³/mol. The molecule has 0 saturated carbocycles. The Bertz CT molecular complexity index is 130. The summed E-state index contributed by atoms with van der Waals surface area (Å²) in [5.41, 5.74) is 0. The standard InChI is InChI=1S/C10H17O2/c1-2-3-4-5-6-7-8-10(12)9-11/h2-8H2,1H3. The van der Waals surface area contributed by atoms with Gasteiger partial charge in [-0.25, -0.2) is 0 Å². The minimum absolute atomic E-state index is 0.384. The average molecular weight is 169 g/mol. The van der Waals surface area contributed by atoms with E-state index in [9.17, 15) is 9.59 Å². The van der Waals surface area contributed by atoms with Crippen LogP contribution in [0.25, 0.3) is 0 Å². The van der Waals surface area contributed by atoms with Gasteiger partial charge in [0, 0.05) is 6.42 Å². The zero-order valence-corrected chi connectivity index (χ0v) is 7.77. The van der Waals surface area contributed by atoms with Crippen molar-refractivity contribution in [2.75, 3.05) is 0 Å². The summed E-state index contributed by atoms with van der Waals surface area (Å²) < 4.78 is 0. The van der Waals surface area contributed by atoms with Gasteiger partial charge in [-0.15, -0.1) is 0 Å². The molecule has 0 bridgehead atoms. The number of carbonyl (C=O) groups excluding carboxylic acids is 2. The number of unbranched alkanes of at least 4 members (excludes halogenated alkanes) is 5. The van der Waals surface area contributed by atoms with Gasteiger partial charge in [0.1, 0.15) is 0 Å². The summed E-state index contributed by atoms with van der Waals surface area (Å²) in [7, 11) is 0. The van der Waals surface area contributed by atoms with E-state index in [0.717, 1.165) is 12.8 Å². The molecule has 0 amide bonds. The number of hydrogen-bond donors (Lipinski definition) is 0. The van der Waals surface area contributed by atoms with E-state index in [2.05, 4.69) is 6.92 Å². The normalized spacial score (nSPS) is 9.75. The lowest BCUT2D eigenvalue weighted by Crippen LogP contribution is -1.97. The Morgan fingerprint density at radius 2 is 1.67 bits per heavy atom. The van der Waals surface area contributed by atoms with Gasteiger partial charge in [0.2, 0.25) is 5.78 Å². The topological polar surface area (TPSA) is 34.1 Å². The van der Waals surface area contributed by atoms with Crippen molar-refractivity contribution in [3.63, 3.8) is 0 Å². The summed E-state index contributed by atoms with van der Waals surface area (Å²) in [4.78, 5) is 20.3. The van der Waals surface area contributed by atoms with Gasteiger partial charge in [-0.3, -0.25) is 9.59 Å². The van der Waals surface area contributed by atoms with Gasteiger partial charge in [-0.05, 0) is 6.42 Å². The molecule has 0 aromatic carbocycles. The quantitative estimate of drug-likeness (QED) is 0.413. The highest BCUT2D eigenvalue weighted by atomic mass is 16.2. The summed E-state index contributed by atoms with van der Waals surface area (Å²) in [5, 5.41) is 0. The van der Waals surface area contributed by atoms with Crippen LogP contribution in [0.5, 0.6) is 0 Å². The van der Waals surface area contributed by atoms with Gasteiger partial charge in [0.25, 0.3) is 6.29 Å². The van der Waals surface area contributed by atoms with Crippen LogP contribution in [0.15, 0.2) is 0 Å². The summed E-state index contributed by atoms with van der Waals surface area (Å²) in [6.07, 6.45) is 8.61. The molecule has 2 nitrogen and oxygen atoms in total. The first-order chi connectivity index (χ1) is 5.81. The van der Waals surface area contributed by atoms with Crippen molar-refractivity contribution in [1.29, 1.82) is 0 Å². The molecule has 0 heterocycles. The van der Waals surface area contributed by atoms with Crippen LogP contribution < -0.4 is 0 Å². The largest absolute Gasteiger partial charge is 0.290 e. The zero-order valence-electron chi connectivity index (χ0n) is 7.77. The SMILES string of the molecule is CCCCCCCCC(=O)[C]=O. The van der Waals surface area contributed by atoms with Gasteiger partial charge in [0.15, 0.2) is 0 Å². The Morgan fingerprint density at radius 3 is 2.25 bits per heavy atom. The minimum Gasteiger partial charge on any atom is -0.290 e. The minimum atomic E-state index is -0.384. The molecule has 12 heavy (non-hydrogen) atoms. The van der Waals surface area contributed by atoms with Gasteiger partial charge >= 0.3 is 0 Å². The zero-order chi connectivity index (χ0) is 9.23. The van der Waals surface area contributed by atoms with Crippen LogP contribution in [0.1, 0.15) is 51.9 Å². The predicted octanol–water partition coefficient (Wildman–Crippen LogP) is 2.42. The Balaban J connectivity index is 3.00. The van der Waals surface area contributed by atoms with Crippen molar-refractivity contribution >= 4 is 12.1 Å². The lowest BCUT2D eigenvalue weighted by Gasteiger charge is -1.97. The highest BCUT2D eigenvalue weighted by molar-refractivity contribution is 6.25. The Kier molecular flexibility index (Phi) is 7.97. The van der Waals surface area contributed by atoms with Gasteiger partial charge < -0.3 is 0 Å². The second-order valence-corrected chi connectivity index (χ2v) is 3.04. The smallest absolute Gasteiger partial charge is 0.272 e. The first-order valence-electron chi connectivity index (χ1n) is 4.72. The van der Waals surface area contributed by atoms with Gasteiger partial charge in [0.05, 0.1) is 0 Å². The van der Waals surface area contributed by atoms with Crippen molar-refractivity contribution in [3.05, 3.63) is 0 Å². The first-order valence-corrected chi connectivity index (χ1v) is 4.72. The maximum Gasteiger partial charge on any atom is 0.272 e. The van der Waals surface area contributed by atoms with E-state index in [4.69, 9.17) is 0 Å². The van der Waals surface area contributed by atoms with Crippen molar-refractivity contribution in [2.45, 2.75) is 51.9 Å². The number of Topliss-reactive ketones (excluding diaryl/α,β-unsaturated/α-hetero) is 1. The molecule has 0 aliphatic heterocycles. The number of hydrogen-bond acceptors (Lipinski definition) is 2. The fraction of sp³-hybridized carbons (Fsp3) is 0.800. The van der Waals surface area contributed by atoms with Gasteiger partial charge in [-0.1, -0.05) is 39.0 Å². The fourth-order valence-corrected chi connectivity index (χ4v) is 1.12. The highest BCUT2D eigenvalue weighted by Gasteiger charge is 1.98. The average Bonchev–Trinajstić information content (AvgIpc) is 2.10. The van der Waals surface area contributed by atoms with Gasteiger partial charge in [-0.2, -0.15) is 0 Å². The van der Waals surface area contributed by atoms with Crippen LogP contribution >= 0.6 is 0 Å². The van der Waals surface area contributed by atoms with Crippen LogP contribution in [-0.4, -0.2) is 12.1 Å². The lowest BCUT2D eigenvalue weighted by molar-refractivity contribution is -0.113. The third-order valence-electron chi connectivity index (χ3n) is 1.87. The van der Waals surface area contributed by atoms with Crippen LogP contribution in [0.2, 0.25) is 0 Å². The van der Waals surface area contributed by atoms with Crippen LogP contribution in [0, 0.1) is 0 Å². The van der Waals surface area contributed by atoms with E-state index < -0.39 is 0 Å². The molecular weight excluding hydrogens is 152 g/mol. The van der Waals surface area contributed by atoms with E-state index in [1.54, 1.807) is 0 Å². The van der Waals surface area contributed by atoms with E-state index in [1.165, 1.54) is 32.0 Å². The molecule has 0 aliphatic carbocycles.